The summed E-state index contributed by atoms with van der Waals surface area (Å²) in [5.74, 6) is 1.57. The highest BCUT2D eigenvalue weighted by Gasteiger charge is 2.30. The third-order valence-electron chi connectivity index (χ3n) is 3.67. The Labute approximate surface area is 100.0 Å². The first kappa shape index (κ1) is 13.3. The van der Waals surface area contributed by atoms with Crippen LogP contribution in [0.4, 0.5) is 0 Å². The van der Waals surface area contributed by atoms with Crippen LogP contribution < -0.4 is 5.32 Å². The molecule has 0 heterocycles. The zero-order chi connectivity index (χ0) is 11.1. The largest absolute Gasteiger partial charge is 0.310 e. The Morgan fingerprint density at radius 1 is 1.27 bits per heavy atom. The average molecular weight is 232 g/mol. The molecule has 1 aliphatic carbocycles. The standard InChI is InChI=1S/C13H26ClN/c1-3-7-12(2)10-15-13(11-14)8-5-4-6-9-13/h12,15H,3-11H2,1-2H3. The molecule has 1 saturated carbocycles. The van der Waals surface area contributed by atoms with Gasteiger partial charge < -0.3 is 5.32 Å². The first-order valence-corrected chi connectivity index (χ1v) is 7.07. The summed E-state index contributed by atoms with van der Waals surface area (Å²) in [6, 6.07) is 0. The first-order chi connectivity index (χ1) is 7.22. The lowest BCUT2D eigenvalue weighted by atomic mass is 9.83. The van der Waals surface area contributed by atoms with Crippen LogP contribution in [0.3, 0.4) is 0 Å². The van der Waals surface area contributed by atoms with Crippen LogP contribution in [0.25, 0.3) is 0 Å². The number of hydrogen-bond acceptors (Lipinski definition) is 1. The van der Waals surface area contributed by atoms with E-state index in [2.05, 4.69) is 19.2 Å². The third-order valence-corrected chi connectivity index (χ3v) is 4.19. The zero-order valence-corrected chi connectivity index (χ0v) is 11.1. The number of hydrogen-bond donors (Lipinski definition) is 1. The highest BCUT2D eigenvalue weighted by atomic mass is 35.5. The molecule has 2 heteroatoms. The summed E-state index contributed by atoms with van der Waals surface area (Å²) in [6.07, 6.45) is 9.25. The van der Waals surface area contributed by atoms with E-state index in [0.29, 0.717) is 0 Å². The maximum absolute atomic E-state index is 6.14. The van der Waals surface area contributed by atoms with Crippen molar-refractivity contribution in [2.75, 3.05) is 12.4 Å². The van der Waals surface area contributed by atoms with E-state index < -0.39 is 0 Å². The van der Waals surface area contributed by atoms with Crippen LogP contribution in [0.1, 0.15) is 58.8 Å². The number of rotatable bonds is 6. The topological polar surface area (TPSA) is 12.0 Å². The Bertz CT molecular complexity index is 164. The molecule has 0 aromatic rings. The lowest BCUT2D eigenvalue weighted by molar-refractivity contribution is 0.244. The summed E-state index contributed by atoms with van der Waals surface area (Å²) in [5.41, 5.74) is 0.266. The Hall–Kier alpha value is 0.250. The van der Waals surface area contributed by atoms with Crippen LogP contribution in [0, 0.1) is 5.92 Å². The van der Waals surface area contributed by atoms with E-state index in [1.807, 2.05) is 0 Å². The molecule has 0 spiro atoms. The fraction of sp³-hybridized carbons (Fsp3) is 1.00. The Kier molecular flexibility index (Phi) is 5.99. The maximum Gasteiger partial charge on any atom is 0.0406 e. The van der Waals surface area contributed by atoms with Gasteiger partial charge in [-0.15, -0.1) is 11.6 Å². The van der Waals surface area contributed by atoms with E-state index in [1.54, 1.807) is 0 Å². The van der Waals surface area contributed by atoms with Crippen molar-refractivity contribution in [2.45, 2.75) is 64.3 Å². The highest BCUT2D eigenvalue weighted by Crippen LogP contribution is 2.29. The lowest BCUT2D eigenvalue weighted by Gasteiger charge is -2.37. The number of halogens is 1. The molecule has 1 aliphatic rings. The Morgan fingerprint density at radius 3 is 2.47 bits per heavy atom. The molecule has 0 amide bonds. The van der Waals surface area contributed by atoms with Gasteiger partial charge >= 0.3 is 0 Å². The smallest absolute Gasteiger partial charge is 0.0406 e. The van der Waals surface area contributed by atoms with Gasteiger partial charge in [0.15, 0.2) is 0 Å². The second-order valence-corrected chi connectivity index (χ2v) is 5.52. The molecule has 0 aromatic carbocycles. The molecule has 0 radical (unpaired) electrons. The van der Waals surface area contributed by atoms with Crippen LogP contribution in [-0.2, 0) is 0 Å². The summed E-state index contributed by atoms with van der Waals surface area (Å²) in [5, 5.41) is 3.74. The third kappa shape index (κ3) is 4.32. The van der Waals surface area contributed by atoms with Crippen molar-refractivity contribution in [1.82, 2.24) is 5.32 Å². The fourth-order valence-electron chi connectivity index (χ4n) is 2.57. The average Bonchev–Trinajstić information content (AvgIpc) is 2.28. The normalized spacial score (nSPS) is 22.6. The monoisotopic (exact) mass is 231 g/mol. The SMILES string of the molecule is CCCC(C)CNC1(CCl)CCCCC1. The summed E-state index contributed by atoms with van der Waals surface area (Å²) in [4.78, 5) is 0. The minimum Gasteiger partial charge on any atom is -0.310 e. The first-order valence-electron chi connectivity index (χ1n) is 6.53. The molecule has 0 bridgehead atoms. The molecule has 1 N–H and O–H groups in total. The second-order valence-electron chi connectivity index (χ2n) is 5.25. The van der Waals surface area contributed by atoms with Gasteiger partial charge in [-0.2, -0.15) is 0 Å². The highest BCUT2D eigenvalue weighted by molar-refractivity contribution is 6.18. The Balaban J connectivity index is 2.32. The van der Waals surface area contributed by atoms with Crippen molar-refractivity contribution in [1.29, 1.82) is 0 Å². The minimum absolute atomic E-state index is 0.266. The molecule has 0 aliphatic heterocycles. The van der Waals surface area contributed by atoms with E-state index in [9.17, 15) is 0 Å². The van der Waals surface area contributed by atoms with Gasteiger partial charge in [0, 0.05) is 11.4 Å². The second kappa shape index (κ2) is 6.75. The molecule has 1 fully saturated rings. The molecule has 0 saturated heterocycles. The van der Waals surface area contributed by atoms with Crippen LogP contribution in [-0.4, -0.2) is 18.0 Å². The van der Waals surface area contributed by atoms with Crippen LogP contribution >= 0.6 is 11.6 Å². The quantitative estimate of drug-likeness (QED) is 0.683. The predicted molar refractivity (Wildman–Crippen MR) is 68.6 cm³/mol. The van der Waals surface area contributed by atoms with E-state index >= 15 is 0 Å². The Morgan fingerprint density at radius 2 is 1.93 bits per heavy atom. The van der Waals surface area contributed by atoms with Crippen LogP contribution in [0.2, 0.25) is 0 Å². The van der Waals surface area contributed by atoms with Crippen molar-refractivity contribution in [3.05, 3.63) is 0 Å². The molecule has 0 aromatic heterocycles. The van der Waals surface area contributed by atoms with Crippen molar-refractivity contribution in [3.8, 4) is 0 Å². The minimum atomic E-state index is 0.266. The van der Waals surface area contributed by atoms with Gasteiger partial charge in [0.1, 0.15) is 0 Å². The van der Waals surface area contributed by atoms with Gasteiger partial charge in [0.25, 0.3) is 0 Å². The van der Waals surface area contributed by atoms with E-state index in [1.165, 1.54) is 44.9 Å². The van der Waals surface area contributed by atoms with Crippen molar-refractivity contribution >= 4 is 11.6 Å². The summed E-state index contributed by atoms with van der Waals surface area (Å²) in [7, 11) is 0. The van der Waals surface area contributed by atoms with Gasteiger partial charge in [-0.05, 0) is 31.7 Å². The molecular weight excluding hydrogens is 206 g/mol. The number of nitrogens with one attached hydrogen (secondary N) is 1. The van der Waals surface area contributed by atoms with Gasteiger partial charge in [-0.3, -0.25) is 0 Å². The van der Waals surface area contributed by atoms with E-state index in [-0.39, 0.29) is 5.54 Å². The van der Waals surface area contributed by atoms with Crippen molar-refractivity contribution < 1.29 is 0 Å². The molecule has 90 valence electrons. The molecule has 1 nitrogen and oxygen atoms in total. The zero-order valence-electron chi connectivity index (χ0n) is 10.3. The summed E-state index contributed by atoms with van der Waals surface area (Å²) >= 11 is 6.14. The predicted octanol–water partition coefficient (Wildman–Crippen LogP) is 3.95. The summed E-state index contributed by atoms with van der Waals surface area (Å²) in [6.45, 7) is 5.73. The molecule has 15 heavy (non-hydrogen) atoms. The van der Waals surface area contributed by atoms with Crippen LogP contribution in [0.5, 0.6) is 0 Å². The lowest BCUT2D eigenvalue weighted by Crippen LogP contribution is -2.49. The van der Waals surface area contributed by atoms with Gasteiger partial charge in [0.2, 0.25) is 0 Å². The van der Waals surface area contributed by atoms with Crippen molar-refractivity contribution in [2.24, 2.45) is 5.92 Å². The van der Waals surface area contributed by atoms with Crippen molar-refractivity contribution in [3.63, 3.8) is 0 Å². The molecule has 1 rings (SSSR count). The van der Waals surface area contributed by atoms with E-state index in [4.69, 9.17) is 11.6 Å². The van der Waals surface area contributed by atoms with Crippen LogP contribution in [0.15, 0.2) is 0 Å². The molecule has 1 unspecified atom stereocenters. The van der Waals surface area contributed by atoms with Gasteiger partial charge in [0.05, 0.1) is 0 Å². The molecule has 1 atom stereocenters. The molecular formula is C13H26ClN. The summed E-state index contributed by atoms with van der Waals surface area (Å²) < 4.78 is 0. The fourth-order valence-corrected chi connectivity index (χ4v) is 2.93. The maximum atomic E-state index is 6.14. The van der Waals surface area contributed by atoms with Gasteiger partial charge in [-0.1, -0.05) is 39.5 Å². The number of alkyl halides is 1. The van der Waals surface area contributed by atoms with E-state index in [0.717, 1.165) is 18.3 Å². The van der Waals surface area contributed by atoms with Gasteiger partial charge in [-0.25, -0.2) is 0 Å².